The number of benzene rings is 3. The molecule has 0 aliphatic carbocycles. The number of hydrogen-bond donors (Lipinski definition) is 0. The normalized spacial score (nSPS) is 11.0. The van der Waals surface area contributed by atoms with Crippen LogP contribution in [0.1, 0.15) is 22.3 Å². The Kier molecular flexibility index (Phi) is 7.34. The maximum atomic E-state index is 13.6. The fourth-order valence-corrected chi connectivity index (χ4v) is 4.96. The van der Waals surface area contributed by atoms with Gasteiger partial charge in [-0.2, -0.15) is 10.5 Å². The Labute approximate surface area is 212 Å². The van der Waals surface area contributed by atoms with Crippen LogP contribution in [0.4, 0.5) is 0 Å². The van der Waals surface area contributed by atoms with Crippen LogP contribution >= 0.6 is 11.3 Å². The minimum Gasteiger partial charge on any atom is -0.493 e. The highest BCUT2D eigenvalue weighted by molar-refractivity contribution is 7.07. The van der Waals surface area contributed by atoms with Crippen LogP contribution in [0.15, 0.2) is 71.5 Å². The molecule has 0 atom stereocenters. The zero-order valence-corrected chi connectivity index (χ0v) is 20.9. The summed E-state index contributed by atoms with van der Waals surface area (Å²) in [5.74, 6) is 1.12. The molecule has 0 amide bonds. The third kappa shape index (κ3) is 4.93. The van der Waals surface area contributed by atoms with Crippen LogP contribution in [-0.4, -0.2) is 11.7 Å². The summed E-state index contributed by atoms with van der Waals surface area (Å²) >= 11 is 1.12. The predicted molar refractivity (Wildman–Crippen MR) is 141 cm³/mol. The summed E-state index contributed by atoms with van der Waals surface area (Å²) < 4.78 is 13.6. The van der Waals surface area contributed by atoms with Crippen molar-refractivity contribution < 1.29 is 9.47 Å². The van der Waals surface area contributed by atoms with Crippen molar-refractivity contribution in [3.8, 4) is 29.3 Å². The van der Waals surface area contributed by atoms with Crippen LogP contribution in [0.3, 0.4) is 0 Å². The second-order valence-electron chi connectivity index (χ2n) is 8.08. The highest BCUT2D eigenvalue weighted by atomic mass is 32.1. The molecule has 0 unspecified atom stereocenters. The molecule has 1 aromatic heterocycles. The standard InChI is InChI=1S/C29H23N3O3S/c1-19-8-7-9-20(2)27(19)32-28(33)26(36-29(32)23(16-30)17-31)15-22-12-13-24(34-3)25(14-22)35-18-21-10-5-4-6-11-21/h4-15H,18H2,1-3H3/b26-15+. The Morgan fingerprint density at radius 1 is 0.972 bits per heavy atom. The van der Waals surface area contributed by atoms with Gasteiger partial charge in [-0.1, -0.05) is 54.6 Å². The zero-order valence-electron chi connectivity index (χ0n) is 20.1. The fraction of sp³-hybridized carbons (Fsp3) is 0.138. The molecule has 4 rings (SSSR count). The van der Waals surface area contributed by atoms with Crippen LogP contribution in [0.2, 0.25) is 0 Å². The van der Waals surface area contributed by atoms with Gasteiger partial charge >= 0.3 is 0 Å². The Hall–Kier alpha value is -4.59. The SMILES string of the molecule is COc1ccc(/C=c2/sc(=C(C#N)C#N)n(-c3c(C)cccc3C)c2=O)cc1OCc1ccccc1. The van der Waals surface area contributed by atoms with E-state index < -0.39 is 0 Å². The quantitative estimate of drug-likeness (QED) is 0.403. The number of aryl methyl sites for hydroxylation is 2. The highest BCUT2D eigenvalue weighted by Gasteiger charge is 2.15. The third-order valence-electron chi connectivity index (χ3n) is 5.65. The summed E-state index contributed by atoms with van der Waals surface area (Å²) in [6.45, 7) is 4.17. The molecular weight excluding hydrogens is 470 g/mol. The molecule has 0 aliphatic rings. The Morgan fingerprint density at radius 3 is 2.31 bits per heavy atom. The number of thiazole rings is 1. The smallest absolute Gasteiger partial charge is 0.273 e. The molecule has 0 aliphatic heterocycles. The van der Waals surface area contributed by atoms with Crippen molar-refractivity contribution in [3.63, 3.8) is 0 Å². The molecule has 178 valence electrons. The Morgan fingerprint density at radius 2 is 1.67 bits per heavy atom. The van der Waals surface area contributed by atoms with Crippen molar-refractivity contribution in [2.75, 3.05) is 7.11 Å². The number of ether oxygens (including phenoxy) is 2. The van der Waals surface area contributed by atoms with Crippen LogP contribution < -0.4 is 24.2 Å². The minimum atomic E-state index is -0.294. The summed E-state index contributed by atoms with van der Waals surface area (Å²) in [6, 6.07) is 24.8. The summed E-state index contributed by atoms with van der Waals surface area (Å²) in [6.07, 6.45) is 1.74. The van der Waals surface area contributed by atoms with Gasteiger partial charge in [-0.25, -0.2) is 0 Å². The first-order chi connectivity index (χ1) is 17.5. The van der Waals surface area contributed by atoms with Gasteiger partial charge in [0.05, 0.1) is 17.3 Å². The second-order valence-corrected chi connectivity index (χ2v) is 9.11. The van der Waals surface area contributed by atoms with E-state index in [1.54, 1.807) is 19.3 Å². The molecule has 0 bridgehead atoms. The summed E-state index contributed by atoms with van der Waals surface area (Å²) in [5.41, 5.74) is 3.77. The first-order valence-electron chi connectivity index (χ1n) is 11.2. The van der Waals surface area contributed by atoms with Crippen LogP contribution in [0.5, 0.6) is 11.5 Å². The van der Waals surface area contributed by atoms with E-state index in [1.165, 1.54) is 4.57 Å². The molecule has 0 radical (unpaired) electrons. The molecule has 1 heterocycles. The van der Waals surface area contributed by atoms with E-state index in [9.17, 15) is 15.3 Å². The van der Waals surface area contributed by atoms with Crippen molar-refractivity contribution in [1.29, 1.82) is 10.5 Å². The van der Waals surface area contributed by atoms with Gasteiger partial charge < -0.3 is 9.47 Å². The lowest BCUT2D eigenvalue weighted by Crippen LogP contribution is -2.31. The van der Waals surface area contributed by atoms with Gasteiger partial charge in [0.1, 0.15) is 23.4 Å². The van der Waals surface area contributed by atoms with E-state index in [1.807, 2.05) is 86.6 Å². The molecule has 6 nitrogen and oxygen atoms in total. The maximum absolute atomic E-state index is 13.6. The van der Waals surface area contributed by atoms with Crippen molar-refractivity contribution in [2.24, 2.45) is 0 Å². The highest BCUT2D eigenvalue weighted by Crippen LogP contribution is 2.29. The summed E-state index contributed by atoms with van der Waals surface area (Å²) in [5, 5.41) is 19.1. The minimum absolute atomic E-state index is 0.110. The average molecular weight is 494 g/mol. The largest absolute Gasteiger partial charge is 0.493 e. The zero-order chi connectivity index (χ0) is 25.7. The number of hydrogen-bond acceptors (Lipinski definition) is 6. The summed E-state index contributed by atoms with van der Waals surface area (Å²) in [7, 11) is 1.57. The lowest BCUT2D eigenvalue weighted by atomic mass is 10.1. The number of nitriles is 2. The molecule has 0 saturated heterocycles. The van der Waals surface area contributed by atoms with E-state index >= 15 is 0 Å². The van der Waals surface area contributed by atoms with Gasteiger partial charge in [0, 0.05) is 0 Å². The van der Waals surface area contributed by atoms with Gasteiger partial charge in [0.25, 0.3) is 5.56 Å². The topological polar surface area (TPSA) is 88.0 Å². The van der Waals surface area contributed by atoms with E-state index in [0.717, 1.165) is 33.6 Å². The lowest BCUT2D eigenvalue weighted by Gasteiger charge is -2.11. The Balaban J connectivity index is 1.88. The number of para-hydroxylation sites is 1. The van der Waals surface area contributed by atoms with Gasteiger partial charge in [0.15, 0.2) is 17.1 Å². The molecule has 36 heavy (non-hydrogen) atoms. The monoisotopic (exact) mass is 493 g/mol. The molecule has 0 N–H and O–H groups in total. The van der Waals surface area contributed by atoms with Gasteiger partial charge in [-0.3, -0.25) is 9.36 Å². The third-order valence-corrected chi connectivity index (χ3v) is 6.74. The van der Waals surface area contributed by atoms with E-state index in [-0.39, 0.29) is 11.1 Å². The van der Waals surface area contributed by atoms with Crippen molar-refractivity contribution in [3.05, 3.63) is 109 Å². The molecule has 0 spiro atoms. The van der Waals surface area contributed by atoms with Crippen LogP contribution in [0, 0.1) is 36.5 Å². The van der Waals surface area contributed by atoms with E-state index in [4.69, 9.17) is 9.47 Å². The molecule has 3 aromatic carbocycles. The van der Waals surface area contributed by atoms with Crippen molar-refractivity contribution in [1.82, 2.24) is 4.57 Å². The molecule has 4 aromatic rings. The predicted octanol–water partition coefficient (Wildman–Crippen LogP) is 4.13. The van der Waals surface area contributed by atoms with E-state index in [0.29, 0.717) is 33.0 Å². The van der Waals surface area contributed by atoms with Crippen molar-refractivity contribution in [2.45, 2.75) is 20.5 Å². The number of aromatic nitrogens is 1. The molecule has 0 saturated carbocycles. The molecule has 7 heteroatoms. The van der Waals surface area contributed by atoms with Crippen molar-refractivity contribution >= 4 is 23.0 Å². The maximum Gasteiger partial charge on any atom is 0.273 e. The average Bonchev–Trinajstić information content (AvgIpc) is 3.19. The number of rotatable bonds is 6. The van der Waals surface area contributed by atoms with Gasteiger partial charge in [-0.05, 0) is 54.3 Å². The van der Waals surface area contributed by atoms with Gasteiger partial charge in [0.2, 0.25) is 0 Å². The van der Waals surface area contributed by atoms with Crippen LogP contribution in [0.25, 0.3) is 17.3 Å². The Bertz CT molecular complexity index is 1650. The number of methoxy groups -OCH3 is 1. The summed E-state index contributed by atoms with van der Waals surface area (Å²) in [4.78, 5) is 13.6. The van der Waals surface area contributed by atoms with E-state index in [2.05, 4.69) is 0 Å². The first kappa shape index (κ1) is 24.5. The fourth-order valence-electron chi connectivity index (χ4n) is 3.91. The van der Waals surface area contributed by atoms with Crippen LogP contribution in [-0.2, 0) is 6.61 Å². The first-order valence-corrected chi connectivity index (χ1v) is 12.0. The number of nitrogens with zero attached hydrogens (tertiary/aromatic N) is 3. The molecular formula is C29H23N3O3S. The second kappa shape index (κ2) is 10.8. The van der Waals surface area contributed by atoms with Gasteiger partial charge in [-0.15, -0.1) is 11.3 Å². The molecule has 0 fully saturated rings. The lowest BCUT2D eigenvalue weighted by molar-refractivity contribution is 0.284.